The van der Waals surface area contributed by atoms with E-state index in [4.69, 9.17) is 0 Å². The van der Waals surface area contributed by atoms with Crippen LogP contribution in [0, 0.1) is 0 Å². The number of phenols is 2. The fraction of sp³-hybridized carbons (Fsp3) is 0.647. The van der Waals surface area contributed by atoms with E-state index in [1.165, 1.54) is 86.5 Å². The number of hydrogen-bond donors (Lipinski definition) is 2. The van der Waals surface area contributed by atoms with Crippen LogP contribution in [-0.4, -0.2) is 10.2 Å². The summed E-state index contributed by atoms with van der Waals surface area (Å²) in [5.74, 6) is 3.94. The highest BCUT2D eigenvalue weighted by Crippen LogP contribution is 2.45. The summed E-state index contributed by atoms with van der Waals surface area (Å²) in [5.41, 5.74) is 7.04. The van der Waals surface area contributed by atoms with E-state index in [0.717, 1.165) is 22.6 Å². The summed E-state index contributed by atoms with van der Waals surface area (Å²) in [5, 5.41) is 22.5. The maximum atomic E-state index is 11.3. The largest absolute Gasteiger partial charge is 0.507 e. The molecule has 37 heavy (non-hydrogen) atoms. The zero-order chi connectivity index (χ0) is 26.8. The molecule has 0 amide bonds. The average Bonchev–Trinajstić information content (AvgIpc) is 2.85. The lowest BCUT2D eigenvalue weighted by Gasteiger charge is -2.28. The van der Waals surface area contributed by atoms with Gasteiger partial charge in [0.1, 0.15) is 11.5 Å². The van der Waals surface area contributed by atoms with E-state index in [-0.39, 0.29) is 10.8 Å². The van der Waals surface area contributed by atoms with Crippen molar-refractivity contribution in [1.29, 1.82) is 0 Å². The first-order chi connectivity index (χ1) is 17.4. The molecule has 0 saturated heterocycles. The van der Waals surface area contributed by atoms with Crippen molar-refractivity contribution in [2.75, 3.05) is 0 Å². The van der Waals surface area contributed by atoms with Crippen molar-refractivity contribution in [2.24, 2.45) is 0 Å². The molecular formula is C34H50O2S. The molecule has 2 saturated carbocycles. The first-order valence-electron chi connectivity index (χ1n) is 14.8. The molecule has 2 aromatic rings. The van der Waals surface area contributed by atoms with Gasteiger partial charge < -0.3 is 10.2 Å². The molecule has 0 unspecified atom stereocenters. The average molecular weight is 523 g/mol. The maximum absolute atomic E-state index is 11.3. The van der Waals surface area contributed by atoms with Gasteiger partial charge in [-0.05, 0) is 81.7 Å². The van der Waals surface area contributed by atoms with Crippen molar-refractivity contribution in [3.05, 3.63) is 57.6 Å². The van der Waals surface area contributed by atoms with Gasteiger partial charge in [-0.3, -0.25) is 0 Å². The lowest BCUT2D eigenvalue weighted by atomic mass is 9.78. The van der Waals surface area contributed by atoms with Crippen LogP contribution >= 0.6 is 11.8 Å². The first kappa shape index (κ1) is 28.4. The number of aromatic hydroxyl groups is 2. The Bertz CT molecular complexity index is 975. The number of rotatable bonds is 6. The molecule has 4 rings (SSSR count). The van der Waals surface area contributed by atoms with Crippen LogP contribution in [0.3, 0.4) is 0 Å². The molecule has 2 nitrogen and oxygen atoms in total. The normalized spacial score (nSPS) is 18.3. The van der Waals surface area contributed by atoms with Gasteiger partial charge in [-0.15, -0.1) is 0 Å². The topological polar surface area (TPSA) is 40.5 Å². The molecule has 0 aromatic heterocycles. The molecule has 2 fully saturated rings. The number of benzene rings is 2. The number of thioether (sulfide) groups is 1. The van der Waals surface area contributed by atoms with Gasteiger partial charge in [0.15, 0.2) is 0 Å². The molecular weight excluding hydrogens is 472 g/mol. The third-order valence-corrected chi connectivity index (χ3v) is 9.72. The minimum atomic E-state index is -0.0817. The molecule has 0 spiro atoms. The fourth-order valence-corrected chi connectivity index (χ4v) is 7.39. The van der Waals surface area contributed by atoms with Gasteiger partial charge in [-0.25, -0.2) is 0 Å². The zero-order valence-electron chi connectivity index (χ0n) is 24.3. The SMILES string of the molecule is CC(C)(C)c1cc(CSCc2cc(C3CCCCC3)c(O)c(C(C)(C)C)c2)cc(C2CCCCC2)c1O. The Balaban J connectivity index is 1.58. The highest BCUT2D eigenvalue weighted by atomic mass is 32.2. The Morgan fingerprint density at radius 3 is 1.27 bits per heavy atom. The van der Waals surface area contributed by atoms with Crippen molar-refractivity contribution in [3.8, 4) is 11.5 Å². The summed E-state index contributed by atoms with van der Waals surface area (Å²) >= 11 is 1.96. The Morgan fingerprint density at radius 2 is 0.946 bits per heavy atom. The van der Waals surface area contributed by atoms with Crippen LogP contribution in [0.15, 0.2) is 24.3 Å². The molecule has 0 atom stereocenters. The smallest absolute Gasteiger partial charge is 0.122 e. The Kier molecular flexibility index (Phi) is 8.94. The Morgan fingerprint density at radius 1 is 0.595 bits per heavy atom. The number of hydrogen-bond acceptors (Lipinski definition) is 3. The molecule has 204 valence electrons. The standard InChI is InChI=1S/C34H50O2S/c1-33(2,3)29-19-23(17-27(31(29)35)25-13-9-7-10-14-25)21-37-22-24-18-28(26-15-11-8-12-16-26)32(36)30(20-24)34(4,5)6/h17-20,25-26,35-36H,7-16,21-22H2,1-6H3. The van der Waals surface area contributed by atoms with Crippen LogP contribution in [0.1, 0.15) is 151 Å². The summed E-state index contributed by atoms with van der Waals surface area (Å²) < 4.78 is 0. The van der Waals surface area contributed by atoms with Gasteiger partial charge in [-0.2, -0.15) is 11.8 Å². The minimum Gasteiger partial charge on any atom is -0.507 e. The van der Waals surface area contributed by atoms with E-state index >= 15 is 0 Å². The third-order valence-electron chi connectivity index (χ3n) is 8.64. The second-order valence-electron chi connectivity index (χ2n) is 13.8. The predicted octanol–water partition coefficient (Wildman–Crippen LogP) is 10.2. The first-order valence-corrected chi connectivity index (χ1v) is 15.9. The minimum absolute atomic E-state index is 0.0817. The van der Waals surface area contributed by atoms with Crippen LogP contribution in [0.4, 0.5) is 0 Å². The van der Waals surface area contributed by atoms with Crippen molar-refractivity contribution >= 4 is 11.8 Å². The zero-order valence-corrected chi connectivity index (χ0v) is 25.1. The molecule has 2 aliphatic carbocycles. The maximum Gasteiger partial charge on any atom is 0.122 e. The highest BCUT2D eigenvalue weighted by Gasteiger charge is 2.27. The van der Waals surface area contributed by atoms with Crippen LogP contribution in [0.2, 0.25) is 0 Å². The van der Waals surface area contributed by atoms with Crippen molar-refractivity contribution in [1.82, 2.24) is 0 Å². The van der Waals surface area contributed by atoms with Gasteiger partial charge in [0, 0.05) is 11.5 Å². The van der Waals surface area contributed by atoms with Gasteiger partial charge in [0.2, 0.25) is 0 Å². The van der Waals surface area contributed by atoms with E-state index < -0.39 is 0 Å². The Labute approximate surface area is 230 Å². The summed E-state index contributed by atoms with van der Waals surface area (Å²) in [7, 11) is 0. The highest BCUT2D eigenvalue weighted by molar-refractivity contribution is 7.97. The fourth-order valence-electron chi connectivity index (χ4n) is 6.48. The summed E-state index contributed by atoms with van der Waals surface area (Å²) in [6.45, 7) is 13.3. The van der Waals surface area contributed by atoms with E-state index in [9.17, 15) is 10.2 Å². The monoisotopic (exact) mass is 522 g/mol. The van der Waals surface area contributed by atoms with Crippen LogP contribution in [-0.2, 0) is 22.3 Å². The lowest BCUT2D eigenvalue weighted by Crippen LogP contribution is -2.15. The summed E-state index contributed by atoms with van der Waals surface area (Å²) in [4.78, 5) is 0. The van der Waals surface area contributed by atoms with E-state index in [0.29, 0.717) is 23.3 Å². The molecule has 0 aliphatic heterocycles. The van der Waals surface area contributed by atoms with Crippen LogP contribution < -0.4 is 0 Å². The summed E-state index contributed by atoms with van der Waals surface area (Å²) in [6.07, 6.45) is 12.5. The van der Waals surface area contributed by atoms with Gasteiger partial charge >= 0.3 is 0 Å². The Hall–Kier alpha value is -1.61. The second-order valence-corrected chi connectivity index (χ2v) is 14.8. The predicted molar refractivity (Wildman–Crippen MR) is 160 cm³/mol. The second kappa shape index (κ2) is 11.6. The molecule has 0 bridgehead atoms. The van der Waals surface area contributed by atoms with E-state index in [1.54, 1.807) is 0 Å². The quantitative estimate of drug-likeness (QED) is 0.396. The van der Waals surface area contributed by atoms with E-state index in [1.807, 2.05) is 11.8 Å². The molecule has 3 heteroatoms. The van der Waals surface area contributed by atoms with E-state index in [2.05, 4.69) is 65.8 Å². The van der Waals surface area contributed by atoms with Crippen LogP contribution in [0.25, 0.3) is 0 Å². The van der Waals surface area contributed by atoms with Crippen LogP contribution in [0.5, 0.6) is 11.5 Å². The van der Waals surface area contributed by atoms with Gasteiger partial charge in [-0.1, -0.05) is 104 Å². The lowest BCUT2D eigenvalue weighted by molar-refractivity contribution is 0.402. The molecule has 2 N–H and O–H groups in total. The van der Waals surface area contributed by atoms with Crippen molar-refractivity contribution in [3.63, 3.8) is 0 Å². The van der Waals surface area contributed by atoms with Crippen molar-refractivity contribution < 1.29 is 10.2 Å². The summed E-state index contributed by atoms with van der Waals surface area (Å²) in [6, 6.07) is 9.11. The molecule has 2 aromatic carbocycles. The van der Waals surface area contributed by atoms with Gasteiger partial charge in [0.05, 0.1) is 0 Å². The van der Waals surface area contributed by atoms with Crippen molar-refractivity contribution in [2.45, 2.75) is 140 Å². The number of phenolic OH excluding ortho intramolecular Hbond substituents is 2. The third kappa shape index (κ3) is 6.88. The molecule has 0 heterocycles. The van der Waals surface area contributed by atoms with Gasteiger partial charge in [0.25, 0.3) is 0 Å². The molecule has 2 aliphatic rings. The molecule has 0 radical (unpaired) electrons.